The largest absolute Gasteiger partial charge is 0.491 e. The zero-order valence-electron chi connectivity index (χ0n) is 11.3. The van der Waals surface area contributed by atoms with E-state index in [0.717, 1.165) is 5.69 Å². The van der Waals surface area contributed by atoms with E-state index < -0.39 is 12.6 Å². The van der Waals surface area contributed by atoms with Gasteiger partial charge in [0.05, 0.1) is 18.7 Å². The molecule has 0 amide bonds. The molecule has 0 radical (unpaired) electrons. The zero-order valence-corrected chi connectivity index (χ0v) is 11.3. The lowest BCUT2D eigenvalue weighted by molar-refractivity contribution is -0.139. The summed E-state index contributed by atoms with van der Waals surface area (Å²) in [5.41, 5.74) is 1.44. The van der Waals surface area contributed by atoms with Crippen molar-refractivity contribution >= 4 is 0 Å². The third kappa shape index (κ3) is 6.42. The number of aryl methyl sites for hydroxylation is 1. The molecule has 0 aromatic carbocycles. The van der Waals surface area contributed by atoms with Gasteiger partial charge in [0.1, 0.15) is 5.75 Å². The molecule has 1 aromatic rings. The SMILES string of the molecule is Cc1ccc(OCCC(F)(F)F)c(CNC(C)C)n1. The van der Waals surface area contributed by atoms with E-state index in [2.05, 4.69) is 10.3 Å². The smallest absolute Gasteiger partial charge is 0.392 e. The summed E-state index contributed by atoms with van der Waals surface area (Å²) in [5.74, 6) is 0.406. The van der Waals surface area contributed by atoms with Gasteiger partial charge in [-0.05, 0) is 19.1 Å². The predicted molar refractivity (Wildman–Crippen MR) is 67.1 cm³/mol. The first kappa shape index (κ1) is 15.8. The lowest BCUT2D eigenvalue weighted by Gasteiger charge is -2.14. The molecule has 0 spiro atoms. The summed E-state index contributed by atoms with van der Waals surface area (Å²) in [6.07, 6.45) is -5.16. The Morgan fingerprint density at radius 2 is 2.00 bits per heavy atom. The predicted octanol–water partition coefficient (Wildman–Crippen LogP) is 3.22. The topological polar surface area (TPSA) is 34.1 Å². The number of alkyl halides is 3. The number of aromatic nitrogens is 1. The van der Waals surface area contributed by atoms with Crippen molar-refractivity contribution in [3.8, 4) is 5.75 Å². The maximum absolute atomic E-state index is 12.1. The third-order valence-corrected chi connectivity index (χ3v) is 2.39. The molecular weight excluding hydrogens is 257 g/mol. The van der Waals surface area contributed by atoms with Gasteiger partial charge in [-0.1, -0.05) is 13.8 Å². The van der Waals surface area contributed by atoms with Gasteiger partial charge in [0, 0.05) is 18.3 Å². The Kier molecular flexibility index (Phi) is 5.60. The molecule has 1 heterocycles. The highest BCUT2D eigenvalue weighted by Gasteiger charge is 2.27. The minimum absolute atomic E-state index is 0.269. The second-order valence-electron chi connectivity index (χ2n) is 4.65. The van der Waals surface area contributed by atoms with E-state index in [1.54, 1.807) is 12.1 Å². The molecule has 3 nitrogen and oxygen atoms in total. The van der Waals surface area contributed by atoms with E-state index in [0.29, 0.717) is 18.0 Å². The van der Waals surface area contributed by atoms with Gasteiger partial charge in [0.2, 0.25) is 0 Å². The summed E-state index contributed by atoms with van der Waals surface area (Å²) < 4.78 is 41.4. The number of nitrogens with zero attached hydrogens (tertiary/aromatic N) is 1. The Bertz CT molecular complexity index is 405. The van der Waals surface area contributed by atoms with Gasteiger partial charge < -0.3 is 10.1 Å². The number of halogens is 3. The van der Waals surface area contributed by atoms with Crippen molar-refractivity contribution in [3.05, 3.63) is 23.5 Å². The summed E-state index contributed by atoms with van der Waals surface area (Å²) in [4.78, 5) is 4.29. The molecule has 108 valence electrons. The first-order valence-corrected chi connectivity index (χ1v) is 6.17. The Balaban J connectivity index is 2.65. The number of nitrogens with one attached hydrogen (secondary N) is 1. The van der Waals surface area contributed by atoms with Crippen LogP contribution in [0.4, 0.5) is 13.2 Å². The van der Waals surface area contributed by atoms with E-state index in [1.807, 2.05) is 20.8 Å². The first-order chi connectivity index (χ1) is 8.78. The molecule has 6 heteroatoms. The summed E-state index contributed by atoms with van der Waals surface area (Å²) >= 11 is 0. The normalized spacial score (nSPS) is 11.9. The number of hydrogen-bond acceptors (Lipinski definition) is 3. The molecule has 0 saturated carbocycles. The fraction of sp³-hybridized carbons (Fsp3) is 0.615. The van der Waals surface area contributed by atoms with Crippen LogP contribution < -0.4 is 10.1 Å². The molecule has 19 heavy (non-hydrogen) atoms. The van der Waals surface area contributed by atoms with E-state index in [9.17, 15) is 13.2 Å². The molecule has 1 N–H and O–H groups in total. The number of rotatable bonds is 6. The second-order valence-corrected chi connectivity index (χ2v) is 4.65. The lowest BCUT2D eigenvalue weighted by Crippen LogP contribution is -2.23. The average Bonchev–Trinajstić information content (AvgIpc) is 2.27. The fourth-order valence-corrected chi connectivity index (χ4v) is 1.43. The summed E-state index contributed by atoms with van der Waals surface area (Å²) in [5, 5.41) is 3.17. The number of pyridine rings is 1. The zero-order chi connectivity index (χ0) is 14.5. The second kappa shape index (κ2) is 6.75. The summed E-state index contributed by atoms with van der Waals surface area (Å²) in [6.45, 7) is 5.89. The molecule has 0 bridgehead atoms. The Hall–Kier alpha value is -1.30. The monoisotopic (exact) mass is 276 g/mol. The van der Waals surface area contributed by atoms with Gasteiger partial charge in [-0.25, -0.2) is 0 Å². The van der Waals surface area contributed by atoms with Gasteiger partial charge in [0.25, 0.3) is 0 Å². The van der Waals surface area contributed by atoms with Gasteiger partial charge in [0.15, 0.2) is 0 Å². The summed E-state index contributed by atoms with van der Waals surface area (Å²) in [6, 6.07) is 3.66. The maximum Gasteiger partial charge on any atom is 0.392 e. The van der Waals surface area contributed by atoms with E-state index in [4.69, 9.17) is 4.74 Å². The summed E-state index contributed by atoms with van der Waals surface area (Å²) in [7, 11) is 0. The molecular formula is C13H19F3N2O. The Labute approximate surface area is 111 Å². The Morgan fingerprint density at radius 1 is 1.32 bits per heavy atom. The van der Waals surface area contributed by atoms with Crippen molar-refractivity contribution in [2.75, 3.05) is 6.61 Å². The van der Waals surface area contributed by atoms with Gasteiger partial charge in [-0.15, -0.1) is 0 Å². The van der Waals surface area contributed by atoms with Crippen molar-refractivity contribution in [2.24, 2.45) is 0 Å². The van der Waals surface area contributed by atoms with Crippen molar-refractivity contribution in [2.45, 2.75) is 46.0 Å². The molecule has 0 fully saturated rings. The molecule has 0 atom stereocenters. The molecule has 0 aliphatic carbocycles. The van der Waals surface area contributed by atoms with Crippen LogP contribution >= 0.6 is 0 Å². The fourth-order valence-electron chi connectivity index (χ4n) is 1.43. The van der Waals surface area contributed by atoms with Crippen molar-refractivity contribution in [1.82, 2.24) is 10.3 Å². The van der Waals surface area contributed by atoms with E-state index in [-0.39, 0.29) is 12.6 Å². The van der Waals surface area contributed by atoms with E-state index >= 15 is 0 Å². The minimum Gasteiger partial charge on any atom is -0.491 e. The minimum atomic E-state index is -4.20. The average molecular weight is 276 g/mol. The van der Waals surface area contributed by atoms with Crippen molar-refractivity contribution < 1.29 is 17.9 Å². The lowest BCUT2D eigenvalue weighted by atomic mass is 10.2. The van der Waals surface area contributed by atoms with Crippen molar-refractivity contribution in [1.29, 1.82) is 0 Å². The molecule has 0 unspecified atom stereocenters. The third-order valence-electron chi connectivity index (χ3n) is 2.39. The van der Waals surface area contributed by atoms with Crippen molar-refractivity contribution in [3.63, 3.8) is 0 Å². The van der Waals surface area contributed by atoms with Gasteiger partial charge in [-0.3, -0.25) is 4.98 Å². The standard InChI is InChI=1S/C13H19F3N2O/c1-9(2)17-8-11-12(5-4-10(3)18-11)19-7-6-13(14,15)16/h4-5,9,17H,6-8H2,1-3H3. The highest BCUT2D eigenvalue weighted by Crippen LogP contribution is 2.22. The molecule has 1 rings (SSSR count). The molecule has 1 aromatic heterocycles. The Morgan fingerprint density at radius 3 is 2.58 bits per heavy atom. The van der Waals surface area contributed by atoms with Crippen LogP contribution in [0, 0.1) is 6.92 Å². The van der Waals surface area contributed by atoms with Gasteiger partial charge >= 0.3 is 6.18 Å². The molecule has 0 aliphatic heterocycles. The van der Waals surface area contributed by atoms with Gasteiger partial charge in [-0.2, -0.15) is 13.2 Å². The molecule has 0 aliphatic rings. The van der Waals surface area contributed by atoms with E-state index in [1.165, 1.54) is 0 Å². The van der Waals surface area contributed by atoms with Crippen LogP contribution in [-0.4, -0.2) is 23.8 Å². The van der Waals surface area contributed by atoms with Crippen LogP contribution in [0.1, 0.15) is 31.7 Å². The number of ether oxygens (including phenoxy) is 1. The van der Waals surface area contributed by atoms with Crippen LogP contribution in [-0.2, 0) is 6.54 Å². The van der Waals surface area contributed by atoms with Crippen LogP contribution in [0.2, 0.25) is 0 Å². The van der Waals surface area contributed by atoms with Crippen LogP contribution in [0.5, 0.6) is 5.75 Å². The quantitative estimate of drug-likeness (QED) is 0.866. The molecule has 0 saturated heterocycles. The highest BCUT2D eigenvalue weighted by atomic mass is 19.4. The highest BCUT2D eigenvalue weighted by molar-refractivity contribution is 5.29. The van der Waals surface area contributed by atoms with Crippen LogP contribution in [0.15, 0.2) is 12.1 Å². The first-order valence-electron chi connectivity index (χ1n) is 6.17. The van der Waals surface area contributed by atoms with Crippen LogP contribution in [0.25, 0.3) is 0 Å². The maximum atomic E-state index is 12.1. The number of hydrogen-bond donors (Lipinski definition) is 1. The van der Waals surface area contributed by atoms with Crippen LogP contribution in [0.3, 0.4) is 0 Å².